The lowest BCUT2D eigenvalue weighted by molar-refractivity contribution is -0.123. The number of halogens is 1. The van der Waals surface area contributed by atoms with Gasteiger partial charge < -0.3 is 4.74 Å². The lowest BCUT2D eigenvalue weighted by atomic mass is 10.2. The predicted octanol–water partition coefficient (Wildman–Crippen LogP) is 2.87. The van der Waals surface area contributed by atoms with Crippen LogP contribution < -0.4 is 20.9 Å². The largest absolute Gasteiger partial charge is 0.484 e. The van der Waals surface area contributed by atoms with Crippen LogP contribution in [0.3, 0.4) is 0 Å². The molecule has 0 saturated carbocycles. The van der Waals surface area contributed by atoms with E-state index in [9.17, 15) is 9.59 Å². The molecule has 0 aliphatic rings. The van der Waals surface area contributed by atoms with Crippen LogP contribution in [0.4, 0.5) is 0 Å². The van der Waals surface area contributed by atoms with Gasteiger partial charge in [-0.05, 0) is 54.5 Å². The van der Waals surface area contributed by atoms with Crippen LogP contribution in [-0.4, -0.2) is 23.5 Å². The molecule has 27 heavy (non-hydrogen) atoms. The van der Waals surface area contributed by atoms with Crippen LogP contribution in [0.2, 0.25) is 0 Å². The molecule has 0 unspecified atom stereocenters. The van der Waals surface area contributed by atoms with Gasteiger partial charge in [-0.3, -0.25) is 25.8 Å². The van der Waals surface area contributed by atoms with Gasteiger partial charge in [-0.1, -0.05) is 46.3 Å². The predicted molar refractivity (Wildman–Crippen MR) is 112 cm³/mol. The van der Waals surface area contributed by atoms with Crippen LogP contribution in [0.5, 0.6) is 5.75 Å². The molecule has 6 nitrogen and oxygen atoms in total. The first-order chi connectivity index (χ1) is 12.9. The van der Waals surface area contributed by atoms with Crippen molar-refractivity contribution in [3.63, 3.8) is 0 Å². The molecule has 0 bridgehead atoms. The highest BCUT2D eigenvalue weighted by molar-refractivity contribution is 9.10. The number of hydrazine groups is 1. The van der Waals surface area contributed by atoms with E-state index in [1.54, 1.807) is 12.1 Å². The quantitative estimate of drug-likeness (QED) is 0.373. The number of aryl methyl sites for hydroxylation is 1. The number of rotatable bonds is 5. The lowest BCUT2D eigenvalue weighted by Gasteiger charge is -2.11. The zero-order chi connectivity index (χ0) is 19.6. The maximum atomic E-state index is 11.8. The zero-order valence-corrected chi connectivity index (χ0v) is 16.9. The summed E-state index contributed by atoms with van der Waals surface area (Å²) in [5.41, 5.74) is 6.69. The highest BCUT2D eigenvalue weighted by atomic mass is 79.9. The van der Waals surface area contributed by atoms with E-state index in [1.807, 2.05) is 49.4 Å². The van der Waals surface area contributed by atoms with Gasteiger partial charge in [-0.25, -0.2) is 0 Å². The molecule has 8 heteroatoms. The van der Waals surface area contributed by atoms with Crippen molar-refractivity contribution in [3.8, 4) is 5.75 Å². The Morgan fingerprint density at radius 2 is 1.89 bits per heavy atom. The second kappa shape index (κ2) is 10.4. The van der Waals surface area contributed by atoms with Crippen LogP contribution in [-0.2, 0) is 9.59 Å². The first-order valence-corrected chi connectivity index (χ1v) is 9.16. The second-order valence-corrected chi connectivity index (χ2v) is 6.70. The third kappa shape index (κ3) is 7.59. The molecule has 0 spiro atoms. The van der Waals surface area contributed by atoms with Gasteiger partial charge in [0.25, 0.3) is 5.91 Å². The van der Waals surface area contributed by atoms with E-state index < -0.39 is 11.8 Å². The number of carbonyl (C=O) groups is 2. The Balaban J connectivity index is 1.69. The van der Waals surface area contributed by atoms with Crippen molar-refractivity contribution < 1.29 is 14.3 Å². The molecule has 2 amide bonds. The monoisotopic (exact) mass is 447 g/mol. The fourth-order valence-corrected chi connectivity index (χ4v) is 2.34. The number of carbonyl (C=O) groups excluding carboxylic acids is 2. The zero-order valence-electron chi connectivity index (χ0n) is 14.5. The first-order valence-electron chi connectivity index (χ1n) is 7.96. The van der Waals surface area contributed by atoms with Crippen LogP contribution in [0.1, 0.15) is 11.1 Å². The minimum atomic E-state index is -0.438. The third-order valence-corrected chi connectivity index (χ3v) is 4.37. The van der Waals surface area contributed by atoms with Crippen molar-refractivity contribution >= 4 is 51.2 Å². The summed E-state index contributed by atoms with van der Waals surface area (Å²) < 4.78 is 6.35. The Kier molecular flexibility index (Phi) is 7.97. The number of hydrogen-bond acceptors (Lipinski definition) is 4. The van der Waals surface area contributed by atoms with E-state index in [0.717, 1.165) is 15.6 Å². The van der Waals surface area contributed by atoms with E-state index in [2.05, 4.69) is 32.1 Å². The molecule has 2 aromatic carbocycles. The number of amides is 2. The average molecular weight is 448 g/mol. The number of thiocarbonyl (C=S) groups is 1. The summed E-state index contributed by atoms with van der Waals surface area (Å²) >= 11 is 8.35. The first kappa shape index (κ1) is 20.6. The molecule has 0 saturated heterocycles. The molecule has 0 aromatic heterocycles. The summed E-state index contributed by atoms with van der Waals surface area (Å²) in [7, 11) is 0. The van der Waals surface area contributed by atoms with Crippen LogP contribution in [0.15, 0.2) is 59.1 Å². The summed E-state index contributed by atoms with van der Waals surface area (Å²) in [4.78, 5) is 23.5. The molecule has 2 aromatic rings. The van der Waals surface area contributed by atoms with Crippen LogP contribution in [0, 0.1) is 6.92 Å². The third-order valence-electron chi connectivity index (χ3n) is 3.28. The van der Waals surface area contributed by atoms with Crippen molar-refractivity contribution in [1.82, 2.24) is 16.2 Å². The molecule has 0 aliphatic heterocycles. The van der Waals surface area contributed by atoms with Crippen molar-refractivity contribution in [2.75, 3.05) is 6.61 Å². The van der Waals surface area contributed by atoms with Crippen molar-refractivity contribution in [2.24, 2.45) is 0 Å². The SMILES string of the molecule is Cc1cc(OCC(=O)NNC(=S)NC(=O)C=Cc2ccccc2)ccc1Br. The minimum Gasteiger partial charge on any atom is -0.484 e. The fraction of sp³-hybridized carbons (Fsp3) is 0.105. The van der Waals surface area contributed by atoms with Crippen molar-refractivity contribution in [1.29, 1.82) is 0 Å². The molecule has 2 rings (SSSR count). The Morgan fingerprint density at radius 1 is 1.15 bits per heavy atom. The normalized spacial score (nSPS) is 10.3. The molecule has 0 aliphatic carbocycles. The average Bonchev–Trinajstić information content (AvgIpc) is 2.66. The van der Waals surface area contributed by atoms with Crippen LogP contribution in [0.25, 0.3) is 6.08 Å². The van der Waals surface area contributed by atoms with Gasteiger partial charge in [0, 0.05) is 10.5 Å². The molecule has 0 atom stereocenters. The maximum Gasteiger partial charge on any atom is 0.276 e. The topological polar surface area (TPSA) is 79.5 Å². The molecular weight excluding hydrogens is 430 g/mol. The van der Waals surface area contributed by atoms with E-state index in [0.29, 0.717) is 5.75 Å². The fourth-order valence-electron chi connectivity index (χ4n) is 1.94. The summed E-state index contributed by atoms with van der Waals surface area (Å²) in [6, 6.07) is 14.8. The summed E-state index contributed by atoms with van der Waals surface area (Å²) in [6.07, 6.45) is 3.01. The van der Waals surface area contributed by atoms with Gasteiger partial charge in [0.2, 0.25) is 5.91 Å². The van der Waals surface area contributed by atoms with Gasteiger partial charge in [-0.15, -0.1) is 0 Å². The van der Waals surface area contributed by atoms with Gasteiger partial charge in [-0.2, -0.15) is 0 Å². The van der Waals surface area contributed by atoms with Crippen LogP contribution >= 0.6 is 28.1 Å². The lowest BCUT2D eigenvalue weighted by Crippen LogP contribution is -2.49. The van der Waals surface area contributed by atoms with E-state index in [4.69, 9.17) is 17.0 Å². The molecule has 0 heterocycles. The highest BCUT2D eigenvalue weighted by Crippen LogP contribution is 2.21. The molecule has 3 N–H and O–H groups in total. The van der Waals surface area contributed by atoms with Gasteiger partial charge >= 0.3 is 0 Å². The Morgan fingerprint density at radius 3 is 2.59 bits per heavy atom. The van der Waals surface area contributed by atoms with Crippen molar-refractivity contribution in [3.05, 3.63) is 70.2 Å². The Bertz CT molecular complexity index is 857. The highest BCUT2D eigenvalue weighted by Gasteiger charge is 2.06. The van der Waals surface area contributed by atoms with E-state index in [1.165, 1.54) is 6.08 Å². The number of nitrogens with one attached hydrogen (secondary N) is 3. The van der Waals surface area contributed by atoms with Gasteiger partial charge in [0.15, 0.2) is 11.7 Å². The summed E-state index contributed by atoms with van der Waals surface area (Å²) in [5, 5.41) is 2.40. The Labute approximate surface area is 171 Å². The maximum absolute atomic E-state index is 11.8. The number of hydrogen-bond donors (Lipinski definition) is 3. The second-order valence-electron chi connectivity index (χ2n) is 5.44. The Hall–Kier alpha value is -2.71. The van der Waals surface area contributed by atoms with E-state index in [-0.39, 0.29) is 11.7 Å². The number of benzene rings is 2. The standard InChI is InChI=1S/C19H18BrN3O3S/c1-13-11-15(8-9-16(13)20)26-12-18(25)22-23-19(27)21-17(24)10-7-14-5-3-2-4-6-14/h2-11H,12H2,1H3,(H,22,25)(H2,21,23,24,27). The van der Waals surface area contributed by atoms with Gasteiger partial charge in [0.1, 0.15) is 5.75 Å². The smallest absolute Gasteiger partial charge is 0.276 e. The molecule has 0 radical (unpaired) electrons. The van der Waals surface area contributed by atoms with Gasteiger partial charge in [0.05, 0.1) is 0 Å². The summed E-state index contributed by atoms with van der Waals surface area (Å²) in [6.45, 7) is 1.73. The summed E-state index contributed by atoms with van der Waals surface area (Å²) in [5.74, 6) is -0.271. The molecule has 0 fully saturated rings. The molecular formula is C19H18BrN3O3S. The van der Waals surface area contributed by atoms with E-state index >= 15 is 0 Å². The van der Waals surface area contributed by atoms with Crippen molar-refractivity contribution in [2.45, 2.75) is 6.92 Å². The number of ether oxygens (including phenoxy) is 1. The molecule has 140 valence electrons. The minimum absolute atomic E-state index is 0.0226.